The molecule has 3 aromatic carbocycles. The average Bonchev–Trinajstić information content (AvgIpc) is 3.14. The van der Waals surface area contributed by atoms with Crippen molar-refractivity contribution in [2.45, 2.75) is 6.92 Å². The lowest BCUT2D eigenvalue weighted by atomic mass is 9.95. The van der Waals surface area contributed by atoms with Gasteiger partial charge in [-0.25, -0.2) is 0 Å². The molecule has 4 heteroatoms. The van der Waals surface area contributed by atoms with Crippen LogP contribution in [-0.2, 0) is 0 Å². The second-order valence-corrected chi connectivity index (χ2v) is 6.39. The monoisotopic (exact) mass is 354 g/mol. The molecule has 132 valence electrons. The molecule has 0 radical (unpaired) electrons. The van der Waals surface area contributed by atoms with Crippen LogP contribution in [0.2, 0.25) is 0 Å². The molecule has 2 N–H and O–H groups in total. The van der Waals surface area contributed by atoms with Gasteiger partial charge in [-0.15, -0.1) is 0 Å². The summed E-state index contributed by atoms with van der Waals surface area (Å²) in [5.41, 5.74) is 3.81. The van der Waals surface area contributed by atoms with Gasteiger partial charge >= 0.3 is 0 Å². The van der Waals surface area contributed by atoms with Crippen LogP contribution in [0.15, 0.2) is 90.3 Å². The fourth-order valence-electron chi connectivity index (χ4n) is 3.15. The third-order valence-electron chi connectivity index (χ3n) is 4.56. The molecule has 0 bridgehead atoms. The van der Waals surface area contributed by atoms with Crippen molar-refractivity contribution in [2.75, 3.05) is 10.6 Å². The molecular formula is C23H18N2O2. The highest BCUT2D eigenvalue weighted by Crippen LogP contribution is 2.35. The van der Waals surface area contributed by atoms with Gasteiger partial charge in [0, 0.05) is 11.1 Å². The van der Waals surface area contributed by atoms with Crippen LogP contribution >= 0.6 is 0 Å². The van der Waals surface area contributed by atoms with E-state index in [1.54, 1.807) is 48.5 Å². The maximum atomic E-state index is 13.2. The van der Waals surface area contributed by atoms with Crippen LogP contribution in [0.25, 0.3) is 0 Å². The molecule has 1 aliphatic heterocycles. The summed E-state index contributed by atoms with van der Waals surface area (Å²) in [7, 11) is 0. The van der Waals surface area contributed by atoms with Gasteiger partial charge in [-0.05, 0) is 18.6 Å². The molecule has 27 heavy (non-hydrogen) atoms. The number of anilines is 2. The predicted molar refractivity (Wildman–Crippen MR) is 107 cm³/mol. The average molecular weight is 354 g/mol. The smallest absolute Gasteiger partial charge is 0.200 e. The SMILES string of the molecule is Cc1cccc2c1NC(=C(C(=O)c1ccccc1)C(=O)c1ccccc1)N2. The van der Waals surface area contributed by atoms with E-state index in [1.165, 1.54) is 0 Å². The van der Waals surface area contributed by atoms with Gasteiger partial charge in [0.2, 0.25) is 11.6 Å². The Hall–Kier alpha value is -3.66. The molecule has 0 atom stereocenters. The van der Waals surface area contributed by atoms with E-state index in [4.69, 9.17) is 0 Å². The number of allylic oxidation sites excluding steroid dienone is 1. The van der Waals surface area contributed by atoms with E-state index in [9.17, 15) is 9.59 Å². The highest BCUT2D eigenvalue weighted by Gasteiger charge is 2.29. The Kier molecular flexibility index (Phi) is 4.30. The molecule has 0 saturated carbocycles. The minimum Gasteiger partial charge on any atom is -0.339 e. The highest BCUT2D eigenvalue weighted by atomic mass is 16.1. The van der Waals surface area contributed by atoms with Gasteiger partial charge in [-0.2, -0.15) is 0 Å². The maximum Gasteiger partial charge on any atom is 0.200 e. The van der Waals surface area contributed by atoms with Gasteiger partial charge in [0.15, 0.2) is 0 Å². The van der Waals surface area contributed by atoms with E-state index in [2.05, 4.69) is 10.6 Å². The van der Waals surface area contributed by atoms with Crippen molar-refractivity contribution < 1.29 is 9.59 Å². The molecule has 0 amide bonds. The molecular weight excluding hydrogens is 336 g/mol. The number of fused-ring (bicyclic) bond motifs is 1. The molecule has 1 aliphatic rings. The summed E-state index contributed by atoms with van der Waals surface area (Å²) in [5, 5.41) is 6.43. The number of rotatable bonds is 4. The van der Waals surface area contributed by atoms with E-state index in [0.29, 0.717) is 16.9 Å². The highest BCUT2D eigenvalue weighted by molar-refractivity contribution is 6.32. The summed E-state index contributed by atoms with van der Waals surface area (Å²) in [6.45, 7) is 1.98. The molecule has 0 saturated heterocycles. The van der Waals surface area contributed by atoms with Crippen LogP contribution in [0.3, 0.4) is 0 Å². The quantitative estimate of drug-likeness (QED) is 0.305. The fraction of sp³-hybridized carbons (Fsp3) is 0.0435. The molecule has 4 rings (SSSR count). The second-order valence-electron chi connectivity index (χ2n) is 6.39. The van der Waals surface area contributed by atoms with Crippen LogP contribution in [0.5, 0.6) is 0 Å². The van der Waals surface area contributed by atoms with Gasteiger partial charge in [0.05, 0.1) is 11.4 Å². The summed E-state index contributed by atoms with van der Waals surface area (Å²) in [5.74, 6) is -0.211. The Morgan fingerprint density at radius 1 is 0.667 bits per heavy atom. The Morgan fingerprint density at radius 3 is 1.74 bits per heavy atom. The van der Waals surface area contributed by atoms with Crippen LogP contribution in [-0.4, -0.2) is 11.6 Å². The second kappa shape index (κ2) is 6.92. The van der Waals surface area contributed by atoms with Gasteiger partial charge < -0.3 is 10.6 Å². The van der Waals surface area contributed by atoms with E-state index < -0.39 is 0 Å². The van der Waals surface area contributed by atoms with Crippen molar-refractivity contribution in [3.05, 3.63) is 107 Å². The number of carbonyl (C=O) groups is 2. The summed E-state index contributed by atoms with van der Waals surface area (Å²) in [4.78, 5) is 26.4. The molecule has 0 aromatic heterocycles. The topological polar surface area (TPSA) is 58.2 Å². The van der Waals surface area contributed by atoms with Crippen molar-refractivity contribution in [1.29, 1.82) is 0 Å². The first-order valence-corrected chi connectivity index (χ1v) is 8.72. The Morgan fingerprint density at radius 2 is 1.22 bits per heavy atom. The molecule has 3 aromatic rings. The molecule has 1 heterocycles. The van der Waals surface area contributed by atoms with E-state index >= 15 is 0 Å². The predicted octanol–water partition coefficient (Wildman–Crippen LogP) is 4.81. The number of carbonyl (C=O) groups excluding carboxylic acids is 2. The standard InChI is InChI=1S/C23H18N2O2/c1-15-9-8-14-18-20(15)25-23(24-18)19(21(26)16-10-4-2-5-11-16)22(27)17-12-6-3-7-13-17/h2-14,24-25H,1H3. The first-order chi connectivity index (χ1) is 13.1. The summed E-state index contributed by atoms with van der Waals surface area (Å²) in [6, 6.07) is 23.5. The van der Waals surface area contributed by atoms with Crippen molar-refractivity contribution in [1.82, 2.24) is 0 Å². The van der Waals surface area contributed by atoms with Crippen LogP contribution < -0.4 is 10.6 Å². The van der Waals surface area contributed by atoms with Crippen molar-refractivity contribution in [2.24, 2.45) is 0 Å². The first-order valence-electron chi connectivity index (χ1n) is 8.72. The minimum absolute atomic E-state index is 0.100. The van der Waals surface area contributed by atoms with Gasteiger partial charge in [0.1, 0.15) is 11.4 Å². The number of hydrogen-bond acceptors (Lipinski definition) is 4. The van der Waals surface area contributed by atoms with Gasteiger partial charge in [0.25, 0.3) is 0 Å². The number of para-hydroxylation sites is 1. The van der Waals surface area contributed by atoms with Crippen molar-refractivity contribution >= 4 is 22.9 Å². The summed E-state index contributed by atoms with van der Waals surface area (Å²) < 4.78 is 0. The Labute approximate surface area is 157 Å². The fourth-order valence-corrected chi connectivity index (χ4v) is 3.15. The summed E-state index contributed by atoms with van der Waals surface area (Å²) >= 11 is 0. The number of benzene rings is 3. The van der Waals surface area contributed by atoms with Crippen LogP contribution in [0.4, 0.5) is 11.4 Å². The maximum absolute atomic E-state index is 13.2. The van der Waals surface area contributed by atoms with Crippen molar-refractivity contribution in [3.63, 3.8) is 0 Å². The largest absolute Gasteiger partial charge is 0.339 e. The molecule has 0 aliphatic carbocycles. The number of nitrogens with one attached hydrogen (secondary N) is 2. The lowest BCUT2D eigenvalue weighted by Gasteiger charge is -2.11. The van der Waals surface area contributed by atoms with Crippen molar-refractivity contribution in [3.8, 4) is 0 Å². The van der Waals surface area contributed by atoms with Gasteiger partial charge in [-0.1, -0.05) is 72.8 Å². The van der Waals surface area contributed by atoms with E-state index in [1.807, 2.05) is 37.3 Å². The zero-order chi connectivity index (χ0) is 18.8. The first kappa shape index (κ1) is 16.8. The van der Waals surface area contributed by atoms with Crippen LogP contribution in [0.1, 0.15) is 26.3 Å². The molecule has 0 fully saturated rings. The number of Topliss-reactive ketones (excluding diaryl/α,β-unsaturated/α-hetero) is 2. The molecule has 4 nitrogen and oxygen atoms in total. The zero-order valence-electron chi connectivity index (χ0n) is 14.8. The lowest BCUT2D eigenvalue weighted by molar-refractivity contribution is 0.0961. The molecule has 0 unspecified atom stereocenters. The lowest BCUT2D eigenvalue weighted by Crippen LogP contribution is -2.20. The third-order valence-corrected chi connectivity index (χ3v) is 4.56. The number of aryl methyl sites for hydroxylation is 1. The normalized spacial score (nSPS) is 12.0. The zero-order valence-corrected chi connectivity index (χ0v) is 14.8. The van der Waals surface area contributed by atoms with E-state index in [0.717, 1.165) is 16.9 Å². The van der Waals surface area contributed by atoms with Gasteiger partial charge in [-0.3, -0.25) is 9.59 Å². The third kappa shape index (κ3) is 3.13. The van der Waals surface area contributed by atoms with Crippen LogP contribution in [0, 0.1) is 6.92 Å². The number of ketones is 2. The Balaban J connectivity index is 1.84. The number of hydrogen-bond donors (Lipinski definition) is 2. The molecule has 0 spiro atoms. The van der Waals surface area contributed by atoms with E-state index in [-0.39, 0.29) is 17.1 Å². The summed E-state index contributed by atoms with van der Waals surface area (Å²) in [6.07, 6.45) is 0. The minimum atomic E-state index is -0.315. The Bertz CT molecular complexity index is 1000.